The summed E-state index contributed by atoms with van der Waals surface area (Å²) in [4.78, 5) is 43.2. The van der Waals surface area contributed by atoms with Crippen LogP contribution >= 0.6 is 0 Å². The van der Waals surface area contributed by atoms with Gasteiger partial charge < -0.3 is 32.8 Å². The third kappa shape index (κ3) is 9.49. The predicted octanol–water partition coefficient (Wildman–Crippen LogP) is 7.39. The van der Waals surface area contributed by atoms with E-state index in [0.29, 0.717) is 50.5 Å². The number of fused-ring (bicyclic) bond motifs is 8. The van der Waals surface area contributed by atoms with E-state index in [1.54, 1.807) is 48.6 Å². The van der Waals surface area contributed by atoms with E-state index in [1.807, 2.05) is 96.4 Å². The number of amides is 2. The average Bonchev–Trinajstić information content (AvgIpc) is 4.11. The first-order valence-electron chi connectivity index (χ1n) is 22.6. The van der Waals surface area contributed by atoms with Crippen LogP contribution in [0.3, 0.4) is 0 Å². The summed E-state index contributed by atoms with van der Waals surface area (Å²) in [7, 11) is -4.59. The van der Waals surface area contributed by atoms with Crippen LogP contribution in [0, 0.1) is 0 Å². The quantitative estimate of drug-likeness (QED) is 0.0417. The van der Waals surface area contributed by atoms with Crippen molar-refractivity contribution in [1.82, 2.24) is 14.2 Å². The van der Waals surface area contributed by atoms with Gasteiger partial charge in [-0.2, -0.15) is 21.4 Å². The third-order valence-corrected chi connectivity index (χ3v) is 14.3. The van der Waals surface area contributed by atoms with Crippen molar-refractivity contribution in [2.24, 2.45) is 14.1 Å². The molecule has 5 heterocycles. The first kappa shape index (κ1) is 46.9. The number of hydroxylamine groups is 2. The number of anilines is 1. The van der Waals surface area contributed by atoms with Crippen molar-refractivity contribution in [3.8, 4) is 11.5 Å². The normalized spacial score (nSPS) is 15.2. The van der Waals surface area contributed by atoms with E-state index in [1.165, 1.54) is 0 Å². The highest BCUT2D eigenvalue weighted by Crippen LogP contribution is 2.44. The fourth-order valence-electron chi connectivity index (χ4n) is 9.27. The Bertz CT molecular complexity index is 3810. The Kier molecular flexibility index (Phi) is 12.2. The zero-order chi connectivity index (χ0) is 49.8. The second kappa shape index (κ2) is 18.5. The van der Waals surface area contributed by atoms with Gasteiger partial charge in [-0.25, -0.2) is 4.79 Å². The zero-order valence-corrected chi connectivity index (χ0v) is 40.0. The van der Waals surface area contributed by atoms with Gasteiger partial charge in [-0.15, -0.1) is 5.06 Å². The number of aromatic nitrogens is 3. The first-order valence-corrected chi connectivity index (χ1v) is 25.8. The number of aryl methyl sites for hydroxylation is 3. The number of ether oxygens (including phenoxy) is 2. The van der Waals surface area contributed by atoms with Gasteiger partial charge in [0.1, 0.15) is 5.75 Å². The Morgan fingerprint density at radius 3 is 2.04 bits per heavy atom. The summed E-state index contributed by atoms with van der Waals surface area (Å²) < 4.78 is 91.5. The molecule has 364 valence electrons. The van der Waals surface area contributed by atoms with Crippen molar-refractivity contribution in [1.29, 1.82) is 0 Å². The van der Waals surface area contributed by atoms with Gasteiger partial charge >= 0.3 is 11.9 Å². The molecule has 71 heavy (non-hydrogen) atoms. The SMILES string of the molecule is Cn1c2ccccc2c2cc3c(cc21)O\C(=C/C=C(/C=C/c1oc2cc4c(cc2[n+]1CCCS(=O)(=O)O)c1ccccc1n4C)c1ccc(OCC(=O)ON2C(=O)CCC2=O)cc1)N3CCCS(=O)(=O)O. The number of imide groups is 1. The number of rotatable bonds is 16. The molecule has 0 atom stereocenters. The maximum absolute atomic E-state index is 12.5. The number of oxazole rings is 1. The largest absolute Gasteiger partial charge is 0.482 e. The molecule has 8 aromatic rings. The second-order valence-corrected chi connectivity index (χ2v) is 20.4. The molecule has 5 aromatic carbocycles. The summed E-state index contributed by atoms with van der Waals surface area (Å²) in [6.07, 6.45) is 7.15. The molecular weight excluding hydrogens is 955 g/mol. The van der Waals surface area contributed by atoms with E-state index in [2.05, 4.69) is 9.13 Å². The molecule has 1 saturated heterocycles. The van der Waals surface area contributed by atoms with E-state index in [4.69, 9.17) is 18.7 Å². The number of carbonyl (C=O) groups is 3. The van der Waals surface area contributed by atoms with Crippen molar-refractivity contribution in [3.63, 3.8) is 0 Å². The molecule has 0 spiro atoms. The number of hydrogen-bond acceptors (Lipinski definition) is 12. The molecule has 0 bridgehead atoms. The molecule has 0 aliphatic carbocycles. The van der Waals surface area contributed by atoms with Crippen LogP contribution < -0.4 is 18.9 Å². The summed E-state index contributed by atoms with van der Waals surface area (Å²) in [5.74, 6) is -1.55. The lowest BCUT2D eigenvalue weighted by Crippen LogP contribution is -2.36. The molecule has 20 heteroatoms. The highest BCUT2D eigenvalue weighted by atomic mass is 32.2. The van der Waals surface area contributed by atoms with Crippen LogP contribution in [-0.2, 0) is 60.1 Å². The number of nitrogens with zero attached hydrogens (tertiary/aromatic N) is 5. The lowest BCUT2D eigenvalue weighted by molar-refractivity contribution is -0.677. The summed E-state index contributed by atoms with van der Waals surface area (Å²) >= 11 is 0. The standard InChI is InChI=1S/C51H45N5O13S2/c1-52-39-11-5-3-9-35(39)37-27-43-45(29-41(37)52)67-49(54(43)23-7-25-70(60,61)62)21-15-33(32-13-17-34(18-14-32)66-31-51(59)69-56-47(57)19-20-48(56)58)16-22-50-55(24-8-26-71(63,64)65)44-28-38-36-10-4-6-12-40(36)53(2)42(38)30-46(44)68-50/h3-6,9-18,21-22,27-30H,7-8,19-20,23-26,31H2,1-2H3,(H-,60,61,62,63,64,65)/p+1. The Labute approximate surface area is 406 Å². The van der Waals surface area contributed by atoms with Gasteiger partial charge in [0.15, 0.2) is 18.9 Å². The predicted molar refractivity (Wildman–Crippen MR) is 265 cm³/mol. The van der Waals surface area contributed by atoms with Gasteiger partial charge in [0.05, 0.1) is 34.3 Å². The van der Waals surface area contributed by atoms with Crippen molar-refractivity contribution in [2.75, 3.05) is 29.6 Å². The summed E-state index contributed by atoms with van der Waals surface area (Å²) in [5, 5.41) is 4.44. The number of hydrogen-bond donors (Lipinski definition) is 2. The fourth-order valence-corrected chi connectivity index (χ4v) is 10.3. The minimum absolute atomic E-state index is 0.0477. The lowest BCUT2D eigenvalue weighted by atomic mass is 10.0. The smallest absolute Gasteiger partial charge is 0.374 e. The minimum Gasteiger partial charge on any atom is -0.482 e. The molecule has 0 unspecified atom stereocenters. The highest BCUT2D eigenvalue weighted by Gasteiger charge is 2.33. The molecule has 2 aliphatic heterocycles. The monoisotopic (exact) mass is 1000 g/mol. The molecule has 2 N–H and O–H groups in total. The van der Waals surface area contributed by atoms with Crippen molar-refractivity contribution >= 4 is 110 Å². The van der Waals surface area contributed by atoms with E-state index in [-0.39, 0.29) is 44.5 Å². The topological polar surface area (TPSA) is 221 Å². The highest BCUT2D eigenvalue weighted by molar-refractivity contribution is 7.86. The number of allylic oxidation sites excluding steroid dienone is 4. The van der Waals surface area contributed by atoms with Crippen molar-refractivity contribution in [3.05, 3.63) is 133 Å². The number of para-hydroxylation sites is 2. The van der Waals surface area contributed by atoms with Gasteiger partial charge in [0.2, 0.25) is 11.5 Å². The molecule has 0 saturated carbocycles. The van der Waals surface area contributed by atoms with Gasteiger partial charge in [0.25, 0.3) is 37.6 Å². The molecule has 0 radical (unpaired) electrons. The molecule has 10 rings (SSSR count). The van der Waals surface area contributed by atoms with Crippen LogP contribution in [0.4, 0.5) is 5.69 Å². The first-order chi connectivity index (χ1) is 34.0. The van der Waals surface area contributed by atoms with Crippen molar-refractivity contribution < 1.29 is 63.6 Å². The molecular formula is C51H46N5O13S2+. The van der Waals surface area contributed by atoms with Crippen LogP contribution in [0.15, 0.2) is 126 Å². The van der Waals surface area contributed by atoms with Crippen LogP contribution in [-0.4, -0.2) is 82.6 Å². The minimum atomic E-state index is -4.27. The summed E-state index contributed by atoms with van der Waals surface area (Å²) in [6, 6.07) is 30.6. The van der Waals surface area contributed by atoms with Gasteiger partial charge in [-0.1, -0.05) is 48.5 Å². The Hall–Kier alpha value is -7.78. The van der Waals surface area contributed by atoms with E-state index in [9.17, 15) is 40.3 Å². The summed E-state index contributed by atoms with van der Waals surface area (Å²) in [5.41, 5.74) is 7.09. The molecule has 2 amide bonds. The van der Waals surface area contributed by atoms with E-state index < -0.39 is 56.1 Å². The Balaban J connectivity index is 1.04. The van der Waals surface area contributed by atoms with Crippen LogP contribution in [0.5, 0.6) is 11.5 Å². The number of carbonyl (C=O) groups excluding carboxylic acids is 3. The number of benzene rings is 5. The van der Waals surface area contributed by atoms with Crippen LogP contribution in [0.25, 0.3) is 66.4 Å². The molecule has 3 aromatic heterocycles. The van der Waals surface area contributed by atoms with Crippen molar-refractivity contribution in [2.45, 2.75) is 32.2 Å². The molecule has 2 aliphatic rings. The Morgan fingerprint density at radius 1 is 0.761 bits per heavy atom. The maximum Gasteiger partial charge on any atom is 0.374 e. The van der Waals surface area contributed by atoms with Gasteiger partial charge in [-0.05, 0) is 66.1 Å². The van der Waals surface area contributed by atoms with Gasteiger partial charge in [-0.3, -0.25) is 18.7 Å². The lowest BCUT2D eigenvalue weighted by Gasteiger charge is -2.18. The molecule has 18 nitrogen and oxygen atoms in total. The Morgan fingerprint density at radius 2 is 1.38 bits per heavy atom. The second-order valence-electron chi connectivity index (χ2n) is 17.3. The average molecular weight is 1000 g/mol. The van der Waals surface area contributed by atoms with E-state index >= 15 is 0 Å². The maximum atomic E-state index is 12.5. The van der Waals surface area contributed by atoms with Crippen LogP contribution in [0.2, 0.25) is 0 Å². The fraction of sp³-hybridized carbons (Fsp3) is 0.216. The molecule has 1 fully saturated rings. The van der Waals surface area contributed by atoms with Gasteiger partial charge in [0, 0.05) is 90.7 Å². The summed E-state index contributed by atoms with van der Waals surface area (Å²) in [6.45, 7) is -0.237. The zero-order valence-electron chi connectivity index (χ0n) is 38.3. The van der Waals surface area contributed by atoms with E-state index in [0.717, 1.165) is 43.6 Å². The van der Waals surface area contributed by atoms with Crippen LogP contribution in [0.1, 0.15) is 37.1 Å². The third-order valence-electron chi connectivity index (χ3n) is 12.7.